The smallest absolute Gasteiger partial charge is 0.273 e. The summed E-state index contributed by atoms with van der Waals surface area (Å²) in [6, 6.07) is 10.1. The number of likely N-dealkylation sites (tertiary alicyclic amines) is 1. The summed E-state index contributed by atoms with van der Waals surface area (Å²) in [5.74, 6) is -0.0287. The minimum atomic E-state index is -0.757. The summed E-state index contributed by atoms with van der Waals surface area (Å²) in [4.78, 5) is 19.1. The number of thiazole rings is 1. The number of aliphatic hydroxyl groups is 1. The molecule has 0 saturated carbocycles. The third kappa shape index (κ3) is 4.31. The summed E-state index contributed by atoms with van der Waals surface area (Å²) >= 11 is 1.52. The van der Waals surface area contributed by atoms with Crippen LogP contribution in [0.15, 0.2) is 35.7 Å². The van der Waals surface area contributed by atoms with Crippen molar-refractivity contribution in [2.24, 2.45) is 5.92 Å². The van der Waals surface area contributed by atoms with Gasteiger partial charge in [-0.2, -0.15) is 0 Å². The van der Waals surface area contributed by atoms with Crippen LogP contribution >= 0.6 is 11.3 Å². The Morgan fingerprint density at radius 2 is 2.19 bits per heavy atom. The van der Waals surface area contributed by atoms with Crippen LogP contribution in [-0.2, 0) is 11.2 Å². The van der Waals surface area contributed by atoms with Crippen LogP contribution in [-0.4, -0.2) is 53.3 Å². The van der Waals surface area contributed by atoms with Crippen molar-refractivity contribution >= 4 is 17.2 Å². The van der Waals surface area contributed by atoms with E-state index in [9.17, 15) is 9.90 Å². The van der Waals surface area contributed by atoms with E-state index in [2.05, 4.69) is 17.1 Å². The van der Waals surface area contributed by atoms with Crippen molar-refractivity contribution in [2.75, 3.05) is 26.8 Å². The number of ether oxygens (including phenoxy) is 1. The number of aromatic nitrogens is 1. The van der Waals surface area contributed by atoms with Gasteiger partial charge in [0.2, 0.25) is 0 Å². The highest BCUT2D eigenvalue weighted by atomic mass is 32.1. The van der Waals surface area contributed by atoms with Gasteiger partial charge in [0.15, 0.2) is 0 Å². The van der Waals surface area contributed by atoms with Gasteiger partial charge in [0.1, 0.15) is 5.69 Å². The Balaban J connectivity index is 1.62. The van der Waals surface area contributed by atoms with Crippen molar-refractivity contribution in [1.82, 2.24) is 9.88 Å². The molecule has 1 fully saturated rings. The minimum absolute atomic E-state index is 0.0118. The van der Waals surface area contributed by atoms with Gasteiger partial charge < -0.3 is 14.7 Å². The molecule has 1 amide bonds. The number of hydrogen-bond acceptors (Lipinski definition) is 5. The molecule has 0 bridgehead atoms. The normalized spacial score (nSPS) is 23.2. The molecular formula is C20H26N2O3S. The molecule has 1 aromatic carbocycles. The van der Waals surface area contributed by atoms with E-state index in [0.29, 0.717) is 38.2 Å². The molecule has 0 unspecified atom stereocenters. The average molecular weight is 375 g/mol. The van der Waals surface area contributed by atoms with Crippen molar-refractivity contribution in [2.45, 2.75) is 31.8 Å². The zero-order valence-corrected chi connectivity index (χ0v) is 16.2. The van der Waals surface area contributed by atoms with Crippen molar-refractivity contribution in [1.29, 1.82) is 0 Å². The summed E-state index contributed by atoms with van der Waals surface area (Å²) in [6.07, 6.45) is 1.92. The van der Waals surface area contributed by atoms with Crippen LogP contribution in [0.3, 0.4) is 0 Å². The fraction of sp³-hybridized carbons (Fsp3) is 0.500. The van der Waals surface area contributed by atoms with Gasteiger partial charge in [-0.05, 0) is 18.4 Å². The molecule has 1 aromatic heterocycles. The van der Waals surface area contributed by atoms with Gasteiger partial charge in [-0.3, -0.25) is 4.79 Å². The topological polar surface area (TPSA) is 62.7 Å². The first-order chi connectivity index (χ1) is 12.5. The van der Waals surface area contributed by atoms with Crippen LogP contribution in [0, 0.1) is 5.92 Å². The maximum Gasteiger partial charge on any atom is 0.273 e. The minimum Gasteiger partial charge on any atom is -0.389 e. The van der Waals surface area contributed by atoms with E-state index in [4.69, 9.17) is 4.74 Å². The molecule has 1 saturated heterocycles. The maximum absolute atomic E-state index is 12.8. The summed E-state index contributed by atoms with van der Waals surface area (Å²) < 4.78 is 5.10. The number of benzene rings is 1. The lowest BCUT2D eigenvalue weighted by Crippen LogP contribution is -2.52. The molecule has 3 rings (SSSR count). The van der Waals surface area contributed by atoms with Gasteiger partial charge in [0.25, 0.3) is 5.91 Å². The molecule has 2 atom stereocenters. The van der Waals surface area contributed by atoms with Gasteiger partial charge in [0, 0.05) is 44.5 Å². The standard InChI is InChI=1S/C20H26N2O3S/c1-15-13-22(10-8-20(15,24)9-11-25-2)19(23)17-14-26-18(21-17)12-16-6-4-3-5-7-16/h3-7,14-15,24H,8-13H2,1-2H3/t15-,20-/m1/s1. The molecule has 1 N–H and O–H groups in total. The number of methoxy groups -OCH3 is 1. The fourth-order valence-electron chi connectivity index (χ4n) is 3.42. The highest BCUT2D eigenvalue weighted by Gasteiger charge is 2.40. The number of hydrogen-bond donors (Lipinski definition) is 1. The summed E-state index contributed by atoms with van der Waals surface area (Å²) in [7, 11) is 1.64. The molecule has 0 radical (unpaired) electrons. The number of carbonyl (C=O) groups is 1. The first kappa shape index (κ1) is 19.0. The van der Waals surface area contributed by atoms with Crippen LogP contribution in [0.25, 0.3) is 0 Å². The van der Waals surface area contributed by atoms with Crippen molar-refractivity contribution in [3.8, 4) is 0 Å². The summed E-state index contributed by atoms with van der Waals surface area (Å²) in [5.41, 5.74) is 0.943. The molecule has 2 heterocycles. The summed E-state index contributed by atoms with van der Waals surface area (Å²) in [5, 5.41) is 13.6. The van der Waals surface area contributed by atoms with Crippen molar-refractivity contribution < 1.29 is 14.6 Å². The average Bonchev–Trinajstić information content (AvgIpc) is 3.11. The van der Waals surface area contributed by atoms with Crippen molar-refractivity contribution in [3.63, 3.8) is 0 Å². The summed E-state index contributed by atoms with van der Waals surface area (Å²) in [6.45, 7) is 3.63. The number of rotatable bonds is 6. The number of piperidine rings is 1. The van der Waals surface area contributed by atoms with E-state index < -0.39 is 5.60 Å². The second-order valence-corrected chi connectivity index (χ2v) is 7.98. The number of amides is 1. The molecule has 1 aliphatic heterocycles. The number of carbonyl (C=O) groups excluding carboxylic acids is 1. The quantitative estimate of drug-likeness (QED) is 0.844. The lowest BCUT2D eigenvalue weighted by Gasteiger charge is -2.43. The van der Waals surface area contributed by atoms with E-state index in [1.54, 1.807) is 7.11 Å². The lowest BCUT2D eigenvalue weighted by molar-refractivity contribution is -0.0750. The molecule has 6 heteroatoms. The van der Waals surface area contributed by atoms with E-state index in [1.807, 2.05) is 35.4 Å². The predicted molar refractivity (Wildman–Crippen MR) is 102 cm³/mol. The molecule has 0 aliphatic carbocycles. The Morgan fingerprint density at radius 3 is 2.88 bits per heavy atom. The van der Waals surface area contributed by atoms with Crippen LogP contribution in [0.4, 0.5) is 0 Å². The van der Waals surface area contributed by atoms with E-state index in [0.717, 1.165) is 11.4 Å². The third-order valence-corrected chi connectivity index (χ3v) is 6.07. The molecule has 26 heavy (non-hydrogen) atoms. The largest absolute Gasteiger partial charge is 0.389 e. The molecule has 0 spiro atoms. The van der Waals surface area contributed by atoms with Gasteiger partial charge in [-0.25, -0.2) is 4.98 Å². The van der Waals surface area contributed by atoms with Crippen LogP contribution in [0.5, 0.6) is 0 Å². The first-order valence-electron chi connectivity index (χ1n) is 9.01. The first-order valence-corrected chi connectivity index (χ1v) is 9.89. The fourth-order valence-corrected chi connectivity index (χ4v) is 4.23. The predicted octanol–water partition coefficient (Wildman–Crippen LogP) is 2.98. The van der Waals surface area contributed by atoms with Gasteiger partial charge >= 0.3 is 0 Å². The zero-order chi connectivity index (χ0) is 18.6. The van der Waals surface area contributed by atoms with E-state index in [-0.39, 0.29) is 11.8 Å². The van der Waals surface area contributed by atoms with Crippen LogP contribution in [0.2, 0.25) is 0 Å². The highest BCUT2D eigenvalue weighted by Crippen LogP contribution is 2.31. The maximum atomic E-state index is 12.8. The lowest BCUT2D eigenvalue weighted by atomic mass is 9.80. The highest BCUT2D eigenvalue weighted by molar-refractivity contribution is 7.09. The Hall–Kier alpha value is -1.76. The Labute approximate surface area is 158 Å². The monoisotopic (exact) mass is 374 g/mol. The van der Waals surface area contributed by atoms with Gasteiger partial charge in [0.05, 0.1) is 10.6 Å². The molecule has 2 aromatic rings. The van der Waals surface area contributed by atoms with E-state index >= 15 is 0 Å². The SMILES string of the molecule is COCC[C@]1(O)CCN(C(=O)c2csc(Cc3ccccc3)n2)C[C@H]1C. The number of nitrogens with zero attached hydrogens (tertiary/aromatic N) is 2. The molecule has 1 aliphatic rings. The van der Waals surface area contributed by atoms with Crippen molar-refractivity contribution in [3.05, 3.63) is 52.0 Å². The van der Waals surface area contributed by atoms with Crippen LogP contribution < -0.4 is 0 Å². The second kappa shape index (κ2) is 8.29. The van der Waals surface area contributed by atoms with Crippen LogP contribution in [0.1, 0.15) is 40.8 Å². The molecule has 5 nitrogen and oxygen atoms in total. The molecule has 140 valence electrons. The zero-order valence-electron chi connectivity index (χ0n) is 15.4. The van der Waals surface area contributed by atoms with Gasteiger partial charge in [-0.15, -0.1) is 11.3 Å². The molecular weight excluding hydrogens is 348 g/mol. The Morgan fingerprint density at radius 1 is 1.42 bits per heavy atom. The Kier molecular flexibility index (Phi) is 6.06. The van der Waals surface area contributed by atoms with Gasteiger partial charge in [-0.1, -0.05) is 37.3 Å². The van der Waals surface area contributed by atoms with E-state index in [1.165, 1.54) is 16.9 Å². The third-order valence-electron chi connectivity index (χ3n) is 5.22. The Bertz CT molecular complexity index is 734. The second-order valence-electron chi connectivity index (χ2n) is 7.04.